The molecule has 0 aliphatic carbocycles. The second-order valence-corrected chi connectivity index (χ2v) is 13.3. The van der Waals surface area contributed by atoms with Crippen molar-refractivity contribution in [2.24, 2.45) is 0 Å². The lowest BCUT2D eigenvalue weighted by Crippen LogP contribution is -2.52. The van der Waals surface area contributed by atoms with E-state index in [1.165, 1.54) is 11.3 Å². The summed E-state index contributed by atoms with van der Waals surface area (Å²) in [6.07, 6.45) is 3.57. The van der Waals surface area contributed by atoms with Gasteiger partial charge in [-0.15, -0.1) is 11.3 Å². The van der Waals surface area contributed by atoms with Gasteiger partial charge in [-0.3, -0.25) is 9.59 Å². The van der Waals surface area contributed by atoms with E-state index in [-0.39, 0.29) is 17.7 Å². The fraction of sp³-hybridized carbons (Fsp3) is 0.414. The summed E-state index contributed by atoms with van der Waals surface area (Å²) >= 11 is 4.73. The molecule has 2 atom stereocenters. The molecule has 10 heteroatoms. The third-order valence-electron chi connectivity index (χ3n) is 5.58. The van der Waals surface area contributed by atoms with Gasteiger partial charge in [0.2, 0.25) is 5.91 Å². The minimum atomic E-state index is -0.919. The maximum absolute atomic E-state index is 13.3. The summed E-state index contributed by atoms with van der Waals surface area (Å²) in [6, 6.07) is 9.37. The van der Waals surface area contributed by atoms with Crippen LogP contribution in [0.25, 0.3) is 11.4 Å². The largest absolute Gasteiger partial charge is 0.458 e. The Morgan fingerprint density at radius 1 is 0.949 bits per heavy atom. The average molecular weight is 616 g/mol. The first-order valence-corrected chi connectivity index (χ1v) is 14.2. The molecule has 3 aromatic rings. The fourth-order valence-electron chi connectivity index (χ4n) is 3.55. The predicted molar refractivity (Wildman–Crippen MR) is 157 cm³/mol. The van der Waals surface area contributed by atoms with E-state index in [2.05, 4.69) is 57.3 Å². The van der Waals surface area contributed by atoms with Gasteiger partial charge in [0.15, 0.2) is 5.82 Å². The Bertz CT molecular complexity index is 1310. The number of halogens is 1. The van der Waals surface area contributed by atoms with E-state index in [0.717, 1.165) is 20.5 Å². The van der Waals surface area contributed by atoms with Crippen LogP contribution in [0.2, 0.25) is 0 Å². The minimum Gasteiger partial charge on any atom is -0.458 e. The van der Waals surface area contributed by atoms with Crippen molar-refractivity contribution in [1.82, 2.24) is 20.6 Å². The van der Waals surface area contributed by atoms with E-state index in [9.17, 15) is 14.4 Å². The Hall–Kier alpha value is -3.11. The SMILES string of the molecule is CC(NC(=O)[C@H](Cc1ccc(-c2ncc(Br)cn2)cc1)NC(=O)c1ccc(C(C)(C)C)s1)C(=O)OC(C)(C)C. The molecule has 0 aliphatic rings. The Morgan fingerprint density at radius 3 is 2.10 bits per heavy atom. The standard InChI is InChI=1S/C29H35BrN4O4S/c1-17(27(37)38-29(5,6)7)33-25(35)21(34-26(36)22-12-13-23(39-22)28(2,3)4)14-18-8-10-19(11-9-18)24-31-15-20(30)16-32-24/h8-13,15-17,21H,14H2,1-7H3,(H,33,35)(H,34,36)/t17?,21-/m0/s1. The number of carbonyl (C=O) groups excluding carboxylic acids is 3. The topological polar surface area (TPSA) is 110 Å². The number of nitrogens with zero attached hydrogens (tertiary/aromatic N) is 2. The molecule has 208 valence electrons. The first kappa shape index (κ1) is 30.4. The van der Waals surface area contributed by atoms with Crippen LogP contribution in [-0.2, 0) is 26.2 Å². The molecular formula is C29H35BrN4O4S. The molecule has 1 aromatic carbocycles. The highest BCUT2D eigenvalue weighted by atomic mass is 79.9. The molecule has 1 unspecified atom stereocenters. The smallest absolute Gasteiger partial charge is 0.328 e. The first-order valence-electron chi connectivity index (χ1n) is 12.6. The number of hydrogen-bond donors (Lipinski definition) is 2. The number of ether oxygens (including phenoxy) is 1. The van der Waals surface area contributed by atoms with Gasteiger partial charge in [0.1, 0.15) is 17.7 Å². The van der Waals surface area contributed by atoms with Crippen molar-refractivity contribution < 1.29 is 19.1 Å². The van der Waals surface area contributed by atoms with E-state index in [1.54, 1.807) is 46.2 Å². The maximum atomic E-state index is 13.3. The van der Waals surface area contributed by atoms with Gasteiger partial charge in [-0.2, -0.15) is 0 Å². The number of benzene rings is 1. The summed E-state index contributed by atoms with van der Waals surface area (Å²) in [5.41, 5.74) is 0.864. The maximum Gasteiger partial charge on any atom is 0.328 e. The zero-order chi connectivity index (χ0) is 29.0. The summed E-state index contributed by atoms with van der Waals surface area (Å²) < 4.78 is 6.18. The van der Waals surface area contributed by atoms with Crippen molar-refractivity contribution in [3.63, 3.8) is 0 Å². The number of rotatable bonds is 8. The number of hydrogen-bond acceptors (Lipinski definition) is 7. The number of thiophene rings is 1. The van der Waals surface area contributed by atoms with E-state index in [1.807, 2.05) is 30.3 Å². The summed E-state index contributed by atoms with van der Waals surface area (Å²) in [7, 11) is 0. The predicted octanol–water partition coefficient (Wildman–Crippen LogP) is 5.45. The van der Waals surface area contributed by atoms with Gasteiger partial charge in [0, 0.05) is 29.3 Å². The minimum absolute atomic E-state index is 0.0941. The van der Waals surface area contributed by atoms with Crippen molar-refractivity contribution in [1.29, 1.82) is 0 Å². The molecule has 3 rings (SSSR count). The Morgan fingerprint density at radius 2 is 1.56 bits per heavy atom. The van der Waals surface area contributed by atoms with Gasteiger partial charge < -0.3 is 15.4 Å². The molecule has 2 heterocycles. The molecular weight excluding hydrogens is 580 g/mol. The van der Waals surface area contributed by atoms with Crippen molar-refractivity contribution in [2.75, 3.05) is 0 Å². The highest BCUT2D eigenvalue weighted by molar-refractivity contribution is 9.10. The molecule has 2 aromatic heterocycles. The quantitative estimate of drug-likeness (QED) is 0.326. The molecule has 2 amide bonds. The van der Waals surface area contributed by atoms with E-state index < -0.39 is 29.6 Å². The summed E-state index contributed by atoms with van der Waals surface area (Å²) in [4.78, 5) is 49.2. The van der Waals surface area contributed by atoms with Crippen LogP contribution in [0.15, 0.2) is 53.3 Å². The normalized spacial score (nSPS) is 13.3. The second-order valence-electron chi connectivity index (χ2n) is 11.3. The third kappa shape index (κ3) is 8.96. The van der Waals surface area contributed by atoms with Crippen LogP contribution in [0.4, 0.5) is 0 Å². The van der Waals surface area contributed by atoms with Crippen LogP contribution >= 0.6 is 27.3 Å². The lowest BCUT2D eigenvalue weighted by Gasteiger charge is -2.24. The average Bonchev–Trinajstić information content (AvgIpc) is 3.35. The Balaban J connectivity index is 1.80. The Labute approximate surface area is 242 Å². The van der Waals surface area contributed by atoms with Crippen LogP contribution in [-0.4, -0.2) is 45.4 Å². The van der Waals surface area contributed by atoms with Gasteiger partial charge in [-0.1, -0.05) is 45.0 Å². The van der Waals surface area contributed by atoms with E-state index in [0.29, 0.717) is 10.7 Å². The highest BCUT2D eigenvalue weighted by Crippen LogP contribution is 2.29. The molecule has 0 fully saturated rings. The van der Waals surface area contributed by atoms with Crippen molar-refractivity contribution in [3.8, 4) is 11.4 Å². The number of carbonyl (C=O) groups is 3. The van der Waals surface area contributed by atoms with Gasteiger partial charge in [-0.25, -0.2) is 14.8 Å². The molecule has 0 bridgehead atoms. The third-order valence-corrected chi connectivity index (χ3v) is 7.50. The lowest BCUT2D eigenvalue weighted by molar-refractivity contribution is -0.158. The molecule has 0 saturated heterocycles. The van der Waals surface area contributed by atoms with Gasteiger partial charge in [0.25, 0.3) is 5.91 Å². The monoisotopic (exact) mass is 614 g/mol. The second kappa shape index (κ2) is 12.4. The van der Waals surface area contributed by atoms with Gasteiger partial charge in [0.05, 0.1) is 9.35 Å². The zero-order valence-corrected chi connectivity index (χ0v) is 25.7. The van der Waals surface area contributed by atoms with Crippen molar-refractivity contribution in [3.05, 3.63) is 68.6 Å². The number of esters is 1. The summed E-state index contributed by atoms with van der Waals surface area (Å²) in [6.45, 7) is 13.1. The van der Waals surface area contributed by atoms with E-state index in [4.69, 9.17) is 4.74 Å². The van der Waals surface area contributed by atoms with Crippen LogP contribution in [0.3, 0.4) is 0 Å². The molecule has 8 nitrogen and oxygen atoms in total. The molecule has 39 heavy (non-hydrogen) atoms. The molecule has 0 saturated carbocycles. The molecule has 0 spiro atoms. The van der Waals surface area contributed by atoms with Crippen LogP contribution in [0.1, 0.15) is 68.6 Å². The van der Waals surface area contributed by atoms with Crippen molar-refractivity contribution in [2.45, 2.75) is 78.0 Å². The van der Waals surface area contributed by atoms with Crippen LogP contribution in [0.5, 0.6) is 0 Å². The van der Waals surface area contributed by atoms with Gasteiger partial charge in [-0.05, 0) is 66.7 Å². The Kier molecular flexibility index (Phi) is 9.66. The van der Waals surface area contributed by atoms with E-state index >= 15 is 0 Å². The van der Waals surface area contributed by atoms with Crippen molar-refractivity contribution >= 4 is 45.1 Å². The number of amides is 2. The summed E-state index contributed by atoms with van der Waals surface area (Å²) in [5, 5.41) is 5.57. The lowest BCUT2D eigenvalue weighted by atomic mass is 9.95. The van der Waals surface area contributed by atoms with Crippen LogP contribution in [0, 0.1) is 0 Å². The summed E-state index contributed by atoms with van der Waals surface area (Å²) in [5.74, 6) is -0.797. The number of aromatic nitrogens is 2. The van der Waals surface area contributed by atoms with Gasteiger partial charge >= 0.3 is 5.97 Å². The zero-order valence-electron chi connectivity index (χ0n) is 23.3. The number of nitrogens with one attached hydrogen (secondary N) is 2. The first-order chi connectivity index (χ1) is 18.1. The van der Waals surface area contributed by atoms with Crippen LogP contribution < -0.4 is 10.6 Å². The fourth-order valence-corrected chi connectivity index (χ4v) is 4.72. The molecule has 2 N–H and O–H groups in total. The molecule has 0 radical (unpaired) electrons. The molecule has 0 aliphatic heterocycles. The highest BCUT2D eigenvalue weighted by Gasteiger charge is 2.28.